The zero-order valence-electron chi connectivity index (χ0n) is 9.22. The highest BCUT2D eigenvalue weighted by Crippen LogP contribution is 2.14. The molecule has 18 heavy (non-hydrogen) atoms. The Bertz CT molecular complexity index is 501. The van der Waals surface area contributed by atoms with Crippen LogP contribution < -0.4 is 0 Å². The van der Waals surface area contributed by atoms with Crippen molar-refractivity contribution in [3.8, 4) is 0 Å². The number of aliphatic hydroxyl groups is 1. The predicted octanol–water partition coefficient (Wildman–Crippen LogP) is 0.374. The van der Waals surface area contributed by atoms with Crippen molar-refractivity contribution in [3.05, 3.63) is 28.0 Å². The molecule has 1 aliphatic rings. The summed E-state index contributed by atoms with van der Waals surface area (Å²) < 4.78 is 4.91. The minimum Gasteiger partial charge on any atom is -0.400 e. The molecule has 0 spiro atoms. The summed E-state index contributed by atoms with van der Waals surface area (Å²) in [5, 5.41) is 25.3. The van der Waals surface area contributed by atoms with E-state index in [1.165, 1.54) is 23.4 Å². The Morgan fingerprint density at radius 1 is 1.61 bits per heavy atom. The molecular formula is C9H10N4O4S. The summed E-state index contributed by atoms with van der Waals surface area (Å²) in [5.74, 6) is -0.0654. The zero-order valence-corrected chi connectivity index (χ0v) is 10.0. The molecule has 1 N–H and O–H groups in total. The molecule has 0 bridgehead atoms. The van der Waals surface area contributed by atoms with E-state index in [0.29, 0.717) is 18.2 Å². The van der Waals surface area contributed by atoms with Crippen molar-refractivity contribution in [2.24, 2.45) is 5.10 Å². The van der Waals surface area contributed by atoms with Gasteiger partial charge >= 0.3 is 5.88 Å². The lowest BCUT2D eigenvalue weighted by Gasteiger charge is -2.14. The fourth-order valence-corrected chi connectivity index (χ4v) is 1.73. The van der Waals surface area contributed by atoms with Crippen molar-refractivity contribution in [1.82, 2.24) is 9.91 Å². The molecule has 1 saturated heterocycles. The van der Waals surface area contributed by atoms with Crippen LogP contribution in [-0.4, -0.2) is 51.1 Å². The number of nitro groups is 1. The second-order valence-electron chi connectivity index (χ2n) is 3.49. The number of nitrogens with zero attached hydrogens (tertiary/aromatic N) is 4. The molecule has 2 heterocycles. The average Bonchev–Trinajstić information content (AvgIpc) is 2.93. The Morgan fingerprint density at radius 3 is 2.94 bits per heavy atom. The van der Waals surface area contributed by atoms with E-state index in [4.69, 9.17) is 21.7 Å². The lowest BCUT2D eigenvalue weighted by Crippen LogP contribution is -2.29. The summed E-state index contributed by atoms with van der Waals surface area (Å²) in [5.41, 5.74) is 0. The van der Waals surface area contributed by atoms with E-state index >= 15 is 0 Å². The molecule has 0 atom stereocenters. The van der Waals surface area contributed by atoms with Crippen LogP contribution in [0.1, 0.15) is 5.76 Å². The van der Waals surface area contributed by atoms with Gasteiger partial charge in [-0.05, 0) is 18.3 Å². The molecule has 1 aromatic rings. The summed E-state index contributed by atoms with van der Waals surface area (Å²) >= 11 is 5.06. The van der Waals surface area contributed by atoms with Gasteiger partial charge in [-0.15, -0.1) is 0 Å². The quantitative estimate of drug-likeness (QED) is 0.365. The smallest absolute Gasteiger partial charge is 0.400 e. The maximum atomic E-state index is 10.4. The van der Waals surface area contributed by atoms with Crippen LogP contribution in [0.15, 0.2) is 21.7 Å². The van der Waals surface area contributed by atoms with E-state index in [1.807, 2.05) is 0 Å². The molecule has 2 rings (SSSR count). The third-order valence-corrected chi connectivity index (χ3v) is 2.83. The van der Waals surface area contributed by atoms with Gasteiger partial charge in [0.05, 0.1) is 18.8 Å². The molecular weight excluding hydrogens is 260 g/mol. The van der Waals surface area contributed by atoms with Crippen molar-refractivity contribution in [3.63, 3.8) is 0 Å². The molecule has 1 aromatic heterocycles. The van der Waals surface area contributed by atoms with Gasteiger partial charge in [0, 0.05) is 6.54 Å². The Kier molecular flexibility index (Phi) is 3.53. The topological polar surface area (TPSA) is 95.4 Å². The van der Waals surface area contributed by atoms with E-state index in [2.05, 4.69) is 5.10 Å². The van der Waals surface area contributed by atoms with E-state index < -0.39 is 4.92 Å². The number of furan rings is 1. The first-order valence-electron chi connectivity index (χ1n) is 5.07. The lowest BCUT2D eigenvalue weighted by atomic mass is 10.5. The van der Waals surface area contributed by atoms with Gasteiger partial charge in [0.15, 0.2) is 10.9 Å². The number of rotatable bonds is 4. The zero-order chi connectivity index (χ0) is 13.1. The fourth-order valence-electron chi connectivity index (χ4n) is 1.44. The second-order valence-corrected chi connectivity index (χ2v) is 3.85. The molecule has 0 aromatic carbocycles. The SMILES string of the molecule is O=[N+]([O-])c1ccc(/C=N\N2CCN(CO)C2=S)o1. The molecule has 1 fully saturated rings. The fraction of sp³-hybridized carbons (Fsp3) is 0.333. The van der Waals surface area contributed by atoms with Crippen LogP contribution in [0.3, 0.4) is 0 Å². The highest BCUT2D eigenvalue weighted by Gasteiger charge is 2.23. The van der Waals surface area contributed by atoms with E-state index in [0.717, 1.165) is 0 Å². The van der Waals surface area contributed by atoms with Crippen molar-refractivity contribution >= 4 is 29.4 Å². The monoisotopic (exact) mass is 270 g/mol. The van der Waals surface area contributed by atoms with Crippen LogP contribution in [0.5, 0.6) is 0 Å². The van der Waals surface area contributed by atoms with Crippen LogP contribution in [0, 0.1) is 10.1 Å². The Morgan fingerprint density at radius 2 is 2.39 bits per heavy atom. The summed E-state index contributed by atoms with van der Waals surface area (Å²) in [6.07, 6.45) is 1.35. The third-order valence-electron chi connectivity index (χ3n) is 2.36. The Labute approximate surface area is 107 Å². The van der Waals surface area contributed by atoms with Gasteiger partial charge in [0.25, 0.3) is 0 Å². The molecule has 0 aliphatic carbocycles. The molecule has 1 aliphatic heterocycles. The highest BCUT2D eigenvalue weighted by atomic mass is 32.1. The maximum absolute atomic E-state index is 10.4. The van der Waals surface area contributed by atoms with Gasteiger partial charge in [-0.3, -0.25) is 10.1 Å². The van der Waals surface area contributed by atoms with E-state index in [1.54, 1.807) is 4.90 Å². The van der Waals surface area contributed by atoms with Crippen molar-refractivity contribution in [2.45, 2.75) is 0 Å². The molecule has 9 heteroatoms. The van der Waals surface area contributed by atoms with Crippen LogP contribution in [0.2, 0.25) is 0 Å². The third kappa shape index (κ3) is 2.46. The summed E-state index contributed by atoms with van der Waals surface area (Å²) in [7, 11) is 0. The van der Waals surface area contributed by atoms with Crippen LogP contribution in [0.4, 0.5) is 5.88 Å². The van der Waals surface area contributed by atoms with E-state index in [-0.39, 0.29) is 18.4 Å². The van der Waals surface area contributed by atoms with Gasteiger partial charge in [-0.25, -0.2) is 5.01 Å². The van der Waals surface area contributed by atoms with Gasteiger partial charge in [0.1, 0.15) is 11.7 Å². The standard InChI is InChI=1S/C9H10N4O4S/c14-6-11-3-4-12(9(11)18)10-5-7-1-2-8(17-7)13(15)16/h1-2,5,14H,3-4,6H2/b10-5-. The molecule has 0 radical (unpaired) electrons. The minimum absolute atomic E-state index is 0.156. The average molecular weight is 270 g/mol. The van der Waals surface area contributed by atoms with Crippen molar-refractivity contribution in [2.75, 3.05) is 19.8 Å². The van der Waals surface area contributed by atoms with Gasteiger partial charge in [0.2, 0.25) is 0 Å². The van der Waals surface area contributed by atoms with Crippen molar-refractivity contribution < 1.29 is 14.4 Å². The normalized spacial score (nSPS) is 15.9. The molecule has 0 amide bonds. The molecule has 8 nitrogen and oxygen atoms in total. The van der Waals surface area contributed by atoms with Crippen molar-refractivity contribution in [1.29, 1.82) is 0 Å². The first-order valence-corrected chi connectivity index (χ1v) is 5.48. The predicted molar refractivity (Wildman–Crippen MR) is 66.1 cm³/mol. The van der Waals surface area contributed by atoms with Crippen LogP contribution >= 0.6 is 12.2 Å². The molecule has 0 saturated carbocycles. The number of thiocarbonyl (C=S) groups is 1. The summed E-state index contributed by atoms with van der Waals surface area (Å²) in [4.78, 5) is 11.4. The second kappa shape index (κ2) is 5.10. The Balaban J connectivity index is 2.02. The number of hydrogen-bond acceptors (Lipinski definition) is 6. The van der Waals surface area contributed by atoms with Gasteiger partial charge in [-0.2, -0.15) is 5.10 Å². The minimum atomic E-state index is -0.620. The first kappa shape index (κ1) is 12.5. The number of aliphatic hydroxyl groups excluding tert-OH is 1. The Hall–Kier alpha value is -2.00. The highest BCUT2D eigenvalue weighted by molar-refractivity contribution is 7.80. The van der Waals surface area contributed by atoms with Crippen LogP contribution in [0.25, 0.3) is 0 Å². The molecule has 0 unspecified atom stereocenters. The van der Waals surface area contributed by atoms with Gasteiger partial charge < -0.3 is 14.4 Å². The number of hydrogen-bond donors (Lipinski definition) is 1. The van der Waals surface area contributed by atoms with E-state index in [9.17, 15) is 10.1 Å². The number of hydrazone groups is 1. The summed E-state index contributed by atoms with van der Waals surface area (Å²) in [6.45, 7) is 0.987. The first-order chi connectivity index (χ1) is 8.61. The van der Waals surface area contributed by atoms with Gasteiger partial charge in [-0.1, -0.05) is 0 Å². The molecule has 96 valence electrons. The summed E-state index contributed by atoms with van der Waals surface area (Å²) in [6, 6.07) is 2.70. The van der Waals surface area contributed by atoms with Crippen LogP contribution in [-0.2, 0) is 0 Å². The maximum Gasteiger partial charge on any atom is 0.433 e. The lowest BCUT2D eigenvalue weighted by molar-refractivity contribution is -0.402. The largest absolute Gasteiger partial charge is 0.433 e.